The van der Waals surface area contributed by atoms with Gasteiger partial charge in [0.05, 0.1) is 35.3 Å². The molecule has 3 aromatic heterocycles. The predicted molar refractivity (Wildman–Crippen MR) is 127 cm³/mol. The molecule has 0 aliphatic carbocycles. The van der Waals surface area contributed by atoms with Crippen molar-refractivity contribution in [3.05, 3.63) is 42.4 Å². The standard InChI is InChI=1S/C23H26N8O2/c1-13-11-31(12-14(2)27-13)19-6-5-15(20-16(19)9-25-23(28-20)33-4)22(32)29-21-17-10-26-30(3)18(17)7-8-24-21/h5-10,13-14,27H,11-12H2,1-4H3,(H,24,29,32). The van der Waals surface area contributed by atoms with Gasteiger partial charge in [0, 0.05) is 55.7 Å². The van der Waals surface area contributed by atoms with Crippen molar-refractivity contribution in [1.82, 2.24) is 30.0 Å². The van der Waals surface area contributed by atoms with Crippen LogP contribution in [0.2, 0.25) is 0 Å². The van der Waals surface area contributed by atoms with Crippen LogP contribution in [0.15, 0.2) is 36.8 Å². The van der Waals surface area contributed by atoms with Crippen LogP contribution in [-0.4, -0.2) is 62.9 Å². The number of ether oxygens (including phenoxy) is 1. The Balaban J connectivity index is 1.57. The number of amides is 1. The minimum Gasteiger partial charge on any atom is -0.467 e. The number of nitrogens with zero attached hydrogens (tertiary/aromatic N) is 6. The summed E-state index contributed by atoms with van der Waals surface area (Å²) in [6.45, 7) is 6.03. The molecular formula is C23H26N8O2. The van der Waals surface area contributed by atoms with Crippen LogP contribution < -0.4 is 20.3 Å². The maximum absolute atomic E-state index is 13.4. The van der Waals surface area contributed by atoms with Crippen LogP contribution in [0.4, 0.5) is 11.5 Å². The molecule has 10 nitrogen and oxygen atoms in total. The zero-order valence-electron chi connectivity index (χ0n) is 19.0. The first-order chi connectivity index (χ1) is 15.9. The Labute approximate surface area is 191 Å². The Morgan fingerprint density at radius 1 is 1.12 bits per heavy atom. The lowest BCUT2D eigenvalue weighted by molar-refractivity contribution is 0.102. The van der Waals surface area contributed by atoms with Crippen molar-refractivity contribution in [3.63, 3.8) is 0 Å². The average molecular weight is 447 g/mol. The highest BCUT2D eigenvalue weighted by atomic mass is 16.5. The van der Waals surface area contributed by atoms with E-state index in [4.69, 9.17) is 4.74 Å². The Hall–Kier alpha value is -3.79. The van der Waals surface area contributed by atoms with Crippen molar-refractivity contribution in [2.24, 2.45) is 7.05 Å². The first kappa shape index (κ1) is 21.1. The number of aromatic nitrogens is 5. The molecule has 0 saturated carbocycles. The Morgan fingerprint density at radius 3 is 2.67 bits per heavy atom. The van der Waals surface area contributed by atoms with Crippen LogP contribution in [0.3, 0.4) is 0 Å². The van der Waals surface area contributed by atoms with Crippen molar-refractivity contribution in [3.8, 4) is 6.01 Å². The third-order valence-electron chi connectivity index (χ3n) is 5.94. The van der Waals surface area contributed by atoms with Crippen molar-refractivity contribution in [2.75, 3.05) is 30.4 Å². The number of pyridine rings is 1. The molecule has 4 heterocycles. The maximum atomic E-state index is 13.4. The fourth-order valence-corrected chi connectivity index (χ4v) is 4.52. The van der Waals surface area contributed by atoms with E-state index in [1.165, 1.54) is 7.11 Å². The molecule has 1 aliphatic rings. The summed E-state index contributed by atoms with van der Waals surface area (Å²) in [7, 11) is 3.36. The highest BCUT2D eigenvalue weighted by molar-refractivity contribution is 6.15. The van der Waals surface area contributed by atoms with E-state index < -0.39 is 0 Å². The van der Waals surface area contributed by atoms with E-state index in [1.807, 2.05) is 19.2 Å². The van der Waals surface area contributed by atoms with Crippen LogP contribution in [0.25, 0.3) is 21.8 Å². The number of aryl methyl sites for hydroxylation is 1. The van der Waals surface area contributed by atoms with E-state index in [2.05, 4.69) is 49.4 Å². The van der Waals surface area contributed by atoms with Crippen LogP contribution in [0.5, 0.6) is 6.01 Å². The summed E-state index contributed by atoms with van der Waals surface area (Å²) >= 11 is 0. The molecule has 1 amide bonds. The topological polar surface area (TPSA) is 110 Å². The molecule has 2 N–H and O–H groups in total. The first-order valence-electron chi connectivity index (χ1n) is 10.9. The van der Waals surface area contributed by atoms with Gasteiger partial charge in [0.1, 0.15) is 5.82 Å². The molecule has 0 spiro atoms. The lowest BCUT2D eigenvalue weighted by atomic mass is 10.0. The van der Waals surface area contributed by atoms with Gasteiger partial charge in [-0.25, -0.2) is 9.97 Å². The van der Waals surface area contributed by atoms with Crippen LogP contribution in [-0.2, 0) is 7.05 Å². The molecule has 1 aromatic carbocycles. The fraction of sp³-hybridized carbons (Fsp3) is 0.348. The Bertz CT molecular complexity index is 1340. The molecular weight excluding hydrogens is 420 g/mol. The molecule has 2 atom stereocenters. The van der Waals surface area contributed by atoms with E-state index in [0.29, 0.717) is 29.0 Å². The van der Waals surface area contributed by atoms with Gasteiger partial charge >= 0.3 is 6.01 Å². The highest BCUT2D eigenvalue weighted by Crippen LogP contribution is 2.31. The molecule has 0 radical (unpaired) electrons. The predicted octanol–water partition coefficient (Wildman–Crippen LogP) is 2.36. The highest BCUT2D eigenvalue weighted by Gasteiger charge is 2.25. The number of methoxy groups -OCH3 is 1. The summed E-state index contributed by atoms with van der Waals surface area (Å²) in [6.07, 6.45) is 5.07. The minimum absolute atomic E-state index is 0.211. The number of hydrogen-bond donors (Lipinski definition) is 2. The summed E-state index contributed by atoms with van der Waals surface area (Å²) in [5.41, 5.74) is 2.84. The molecule has 0 bridgehead atoms. The number of carbonyl (C=O) groups is 1. The van der Waals surface area contributed by atoms with Crippen molar-refractivity contribution in [1.29, 1.82) is 0 Å². The summed E-state index contributed by atoms with van der Waals surface area (Å²) < 4.78 is 6.99. The summed E-state index contributed by atoms with van der Waals surface area (Å²) in [6, 6.07) is 6.53. The average Bonchev–Trinajstić information content (AvgIpc) is 3.19. The third kappa shape index (κ3) is 3.82. The van der Waals surface area contributed by atoms with Crippen LogP contribution in [0.1, 0.15) is 24.2 Å². The summed E-state index contributed by atoms with van der Waals surface area (Å²) in [5, 5.41) is 12.3. The molecule has 1 saturated heterocycles. The maximum Gasteiger partial charge on any atom is 0.316 e. The van der Waals surface area contributed by atoms with Crippen molar-refractivity contribution in [2.45, 2.75) is 25.9 Å². The number of carbonyl (C=O) groups excluding carboxylic acids is 1. The van der Waals surface area contributed by atoms with Gasteiger partial charge in [-0.05, 0) is 32.0 Å². The molecule has 5 rings (SSSR count). The molecule has 4 aromatic rings. The minimum atomic E-state index is -0.307. The smallest absolute Gasteiger partial charge is 0.316 e. The van der Waals surface area contributed by atoms with Crippen molar-refractivity contribution >= 4 is 39.2 Å². The van der Waals surface area contributed by atoms with Crippen molar-refractivity contribution < 1.29 is 9.53 Å². The SMILES string of the molecule is COc1ncc2c(N3CC(C)NC(C)C3)ccc(C(=O)Nc3nccc4c3cnn4C)c2n1. The van der Waals surface area contributed by atoms with Gasteiger partial charge in [-0.15, -0.1) is 0 Å². The van der Waals surface area contributed by atoms with Crippen LogP contribution in [0, 0.1) is 0 Å². The summed E-state index contributed by atoms with van der Waals surface area (Å²) in [5.74, 6) is 0.145. The molecule has 1 aliphatic heterocycles. The number of hydrogen-bond acceptors (Lipinski definition) is 8. The van der Waals surface area contributed by atoms with E-state index in [0.717, 1.165) is 35.1 Å². The second-order valence-electron chi connectivity index (χ2n) is 8.44. The molecule has 1 fully saturated rings. The monoisotopic (exact) mass is 446 g/mol. The first-order valence-corrected chi connectivity index (χ1v) is 10.9. The van der Waals surface area contributed by atoms with Crippen LogP contribution >= 0.6 is 0 Å². The number of piperazine rings is 1. The van der Waals surface area contributed by atoms with Gasteiger partial charge in [0.2, 0.25) is 0 Å². The molecule has 2 unspecified atom stereocenters. The fourth-order valence-electron chi connectivity index (χ4n) is 4.52. The number of benzene rings is 1. The van der Waals surface area contributed by atoms with Gasteiger partial charge in [-0.3, -0.25) is 9.48 Å². The quantitative estimate of drug-likeness (QED) is 0.492. The van der Waals surface area contributed by atoms with Gasteiger partial charge in [0.25, 0.3) is 5.91 Å². The molecule has 170 valence electrons. The number of fused-ring (bicyclic) bond motifs is 2. The van der Waals surface area contributed by atoms with Gasteiger partial charge in [-0.2, -0.15) is 10.1 Å². The summed E-state index contributed by atoms with van der Waals surface area (Å²) in [4.78, 5) is 28.9. The van der Waals surface area contributed by atoms with Gasteiger partial charge in [0.15, 0.2) is 0 Å². The van der Waals surface area contributed by atoms with E-state index in [-0.39, 0.29) is 11.9 Å². The zero-order chi connectivity index (χ0) is 23.1. The lowest BCUT2D eigenvalue weighted by Gasteiger charge is -2.38. The zero-order valence-corrected chi connectivity index (χ0v) is 19.0. The molecule has 10 heteroatoms. The van der Waals surface area contributed by atoms with E-state index in [9.17, 15) is 4.79 Å². The van der Waals surface area contributed by atoms with Gasteiger partial charge in [-0.1, -0.05) is 0 Å². The van der Waals surface area contributed by atoms with E-state index in [1.54, 1.807) is 29.3 Å². The Kier molecular flexibility index (Phi) is 5.29. The third-order valence-corrected chi connectivity index (χ3v) is 5.94. The van der Waals surface area contributed by atoms with E-state index >= 15 is 0 Å². The number of nitrogens with one attached hydrogen (secondary N) is 2. The number of anilines is 2. The van der Waals surface area contributed by atoms with Gasteiger partial charge < -0.3 is 20.3 Å². The normalized spacial score (nSPS) is 18.6. The second-order valence-corrected chi connectivity index (χ2v) is 8.44. The lowest BCUT2D eigenvalue weighted by Crippen LogP contribution is -2.54. The molecule has 33 heavy (non-hydrogen) atoms. The second kappa shape index (κ2) is 8.28. The Morgan fingerprint density at radius 2 is 1.91 bits per heavy atom. The largest absolute Gasteiger partial charge is 0.467 e. The number of rotatable bonds is 4.